The van der Waals surface area contributed by atoms with Crippen molar-refractivity contribution < 1.29 is 4.79 Å². The average molecular weight is 555 g/mol. The number of para-hydroxylation sites is 2. The standard InChI is InChI=1S/C32H38N6O3/c1-4-35(5-2)30(39)27-23-24(3)33-29-28(27)31(40)38(26-15-10-7-11-16-26)32(41)37(29)18-12-17-34-19-21-36(22-20-34)25-13-8-6-9-14-25/h6-11,13-16,23H,4-5,12,17-22H2,1-3H3. The van der Waals surface area contributed by atoms with Gasteiger partial charge in [0, 0.05) is 57.2 Å². The first-order valence-electron chi connectivity index (χ1n) is 14.5. The zero-order valence-corrected chi connectivity index (χ0v) is 24.1. The van der Waals surface area contributed by atoms with E-state index in [0.717, 1.165) is 32.7 Å². The molecule has 0 N–H and O–H groups in total. The van der Waals surface area contributed by atoms with E-state index >= 15 is 0 Å². The Morgan fingerprint density at radius 2 is 1.46 bits per heavy atom. The van der Waals surface area contributed by atoms with E-state index in [4.69, 9.17) is 0 Å². The van der Waals surface area contributed by atoms with E-state index in [1.165, 1.54) is 10.3 Å². The Morgan fingerprint density at radius 1 is 0.854 bits per heavy atom. The van der Waals surface area contributed by atoms with Crippen LogP contribution in [0.1, 0.15) is 36.3 Å². The van der Waals surface area contributed by atoms with Gasteiger partial charge in [0.15, 0.2) is 5.65 Å². The maximum absolute atomic E-state index is 13.9. The number of rotatable bonds is 9. The third kappa shape index (κ3) is 5.81. The predicted octanol–water partition coefficient (Wildman–Crippen LogP) is 3.55. The minimum atomic E-state index is -0.521. The number of carbonyl (C=O) groups is 1. The Morgan fingerprint density at radius 3 is 2.07 bits per heavy atom. The van der Waals surface area contributed by atoms with Gasteiger partial charge in [0.05, 0.1) is 16.6 Å². The van der Waals surface area contributed by atoms with Gasteiger partial charge < -0.3 is 9.80 Å². The molecule has 1 fully saturated rings. The molecule has 0 radical (unpaired) electrons. The van der Waals surface area contributed by atoms with Gasteiger partial charge in [0.2, 0.25) is 0 Å². The number of hydrogen-bond acceptors (Lipinski definition) is 6. The molecule has 5 rings (SSSR count). The summed E-state index contributed by atoms with van der Waals surface area (Å²) in [5, 5.41) is 0.187. The van der Waals surface area contributed by atoms with Crippen molar-refractivity contribution in [1.29, 1.82) is 0 Å². The van der Waals surface area contributed by atoms with Crippen LogP contribution in [0.4, 0.5) is 5.69 Å². The number of anilines is 1. The van der Waals surface area contributed by atoms with Crippen LogP contribution in [0.5, 0.6) is 0 Å². The zero-order chi connectivity index (χ0) is 28.9. The predicted molar refractivity (Wildman–Crippen MR) is 163 cm³/mol. The van der Waals surface area contributed by atoms with Crippen molar-refractivity contribution in [3.05, 3.63) is 98.8 Å². The van der Waals surface area contributed by atoms with Gasteiger partial charge in [-0.05, 0) is 64.1 Å². The Hall–Kier alpha value is -4.24. The molecule has 0 aliphatic carbocycles. The van der Waals surface area contributed by atoms with Crippen molar-refractivity contribution in [3.63, 3.8) is 0 Å². The van der Waals surface area contributed by atoms with Gasteiger partial charge in [-0.15, -0.1) is 0 Å². The molecule has 3 heterocycles. The molecule has 9 heteroatoms. The number of nitrogens with zero attached hydrogens (tertiary/aromatic N) is 6. The van der Waals surface area contributed by atoms with Crippen LogP contribution in [0.25, 0.3) is 16.7 Å². The molecule has 41 heavy (non-hydrogen) atoms. The first kappa shape index (κ1) is 28.3. The van der Waals surface area contributed by atoms with Crippen LogP contribution in [0.2, 0.25) is 0 Å². The highest BCUT2D eigenvalue weighted by atomic mass is 16.2. The first-order chi connectivity index (χ1) is 19.9. The topological polar surface area (TPSA) is 83.7 Å². The van der Waals surface area contributed by atoms with Gasteiger partial charge in [0.25, 0.3) is 11.5 Å². The fraction of sp³-hybridized carbons (Fsp3) is 0.375. The van der Waals surface area contributed by atoms with Crippen LogP contribution in [0, 0.1) is 6.92 Å². The summed E-state index contributed by atoms with van der Waals surface area (Å²) in [6.45, 7) is 11.6. The average Bonchev–Trinajstić information content (AvgIpc) is 3.00. The minimum absolute atomic E-state index is 0.187. The van der Waals surface area contributed by atoms with E-state index in [0.29, 0.717) is 37.4 Å². The molecule has 9 nitrogen and oxygen atoms in total. The fourth-order valence-electron chi connectivity index (χ4n) is 5.65. The van der Waals surface area contributed by atoms with Gasteiger partial charge in [-0.1, -0.05) is 36.4 Å². The van der Waals surface area contributed by atoms with Crippen LogP contribution < -0.4 is 16.1 Å². The van der Waals surface area contributed by atoms with E-state index in [-0.39, 0.29) is 22.5 Å². The van der Waals surface area contributed by atoms with Crippen molar-refractivity contribution in [1.82, 2.24) is 23.9 Å². The number of hydrogen-bond donors (Lipinski definition) is 0. The van der Waals surface area contributed by atoms with Gasteiger partial charge in [-0.2, -0.15) is 0 Å². The van der Waals surface area contributed by atoms with Crippen molar-refractivity contribution in [2.24, 2.45) is 0 Å². The zero-order valence-electron chi connectivity index (χ0n) is 24.1. The molecule has 1 amide bonds. The maximum atomic E-state index is 13.9. The lowest BCUT2D eigenvalue weighted by molar-refractivity contribution is 0.0774. The highest BCUT2D eigenvalue weighted by molar-refractivity contribution is 6.05. The molecule has 1 aliphatic heterocycles. The van der Waals surface area contributed by atoms with Crippen molar-refractivity contribution in [2.75, 3.05) is 50.7 Å². The summed E-state index contributed by atoms with van der Waals surface area (Å²) in [5.74, 6) is -0.233. The number of benzene rings is 2. The molecule has 0 atom stereocenters. The van der Waals surface area contributed by atoms with Gasteiger partial charge in [-0.25, -0.2) is 14.3 Å². The molecule has 0 unspecified atom stereocenters. The van der Waals surface area contributed by atoms with Crippen LogP contribution in [-0.4, -0.2) is 75.6 Å². The lowest BCUT2D eigenvalue weighted by atomic mass is 10.1. The Balaban J connectivity index is 1.48. The number of aromatic nitrogens is 3. The van der Waals surface area contributed by atoms with E-state index in [9.17, 15) is 14.4 Å². The Kier molecular flexibility index (Phi) is 8.64. The molecule has 0 saturated carbocycles. The molecular weight excluding hydrogens is 516 g/mol. The number of amides is 1. The van der Waals surface area contributed by atoms with Crippen molar-refractivity contribution in [3.8, 4) is 5.69 Å². The molecule has 4 aromatic rings. The van der Waals surface area contributed by atoms with Gasteiger partial charge >= 0.3 is 5.69 Å². The number of aryl methyl sites for hydroxylation is 2. The normalized spacial score (nSPS) is 14.0. The fourth-order valence-corrected chi connectivity index (χ4v) is 5.65. The van der Waals surface area contributed by atoms with E-state index in [1.54, 1.807) is 46.7 Å². The second-order valence-corrected chi connectivity index (χ2v) is 10.4. The minimum Gasteiger partial charge on any atom is -0.369 e. The lowest BCUT2D eigenvalue weighted by Gasteiger charge is -2.36. The maximum Gasteiger partial charge on any atom is 0.337 e. The largest absolute Gasteiger partial charge is 0.369 e. The summed E-state index contributed by atoms with van der Waals surface area (Å²) >= 11 is 0. The number of fused-ring (bicyclic) bond motifs is 1. The molecule has 214 valence electrons. The molecule has 2 aromatic carbocycles. The SMILES string of the molecule is CCN(CC)C(=O)c1cc(C)nc2c1c(=O)n(-c1ccccc1)c(=O)n2CCCN1CCN(c2ccccc2)CC1. The van der Waals surface area contributed by atoms with Gasteiger partial charge in [-0.3, -0.25) is 19.1 Å². The molecule has 0 bridgehead atoms. The highest BCUT2D eigenvalue weighted by Gasteiger charge is 2.24. The third-order valence-corrected chi connectivity index (χ3v) is 7.87. The lowest BCUT2D eigenvalue weighted by Crippen LogP contribution is -2.47. The highest BCUT2D eigenvalue weighted by Crippen LogP contribution is 2.19. The monoisotopic (exact) mass is 554 g/mol. The molecule has 2 aromatic heterocycles. The molecule has 1 saturated heterocycles. The number of pyridine rings is 1. The van der Waals surface area contributed by atoms with Crippen LogP contribution >= 0.6 is 0 Å². The number of piperazine rings is 1. The smallest absolute Gasteiger partial charge is 0.337 e. The summed E-state index contributed by atoms with van der Waals surface area (Å²) in [6, 6.07) is 21.0. The van der Waals surface area contributed by atoms with E-state index in [2.05, 4.69) is 39.0 Å². The van der Waals surface area contributed by atoms with Crippen molar-refractivity contribution >= 4 is 22.6 Å². The van der Waals surface area contributed by atoms with Crippen LogP contribution in [0.15, 0.2) is 76.3 Å². The second-order valence-electron chi connectivity index (χ2n) is 10.4. The van der Waals surface area contributed by atoms with E-state index < -0.39 is 11.2 Å². The molecular formula is C32H38N6O3. The quantitative estimate of drug-likeness (QED) is 0.315. The van der Waals surface area contributed by atoms with Gasteiger partial charge in [0.1, 0.15) is 0 Å². The van der Waals surface area contributed by atoms with Crippen molar-refractivity contribution in [2.45, 2.75) is 33.7 Å². The summed E-state index contributed by atoms with van der Waals surface area (Å²) in [5.41, 5.74) is 1.90. The summed E-state index contributed by atoms with van der Waals surface area (Å²) < 4.78 is 2.76. The second kappa shape index (κ2) is 12.5. The molecule has 1 aliphatic rings. The van der Waals surface area contributed by atoms with E-state index in [1.807, 2.05) is 26.0 Å². The first-order valence-corrected chi connectivity index (χ1v) is 14.5. The third-order valence-electron chi connectivity index (χ3n) is 7.87. The Bertz CT molecular complexity index is 1620. The summed E-state index contributed by atoms with van der Waals surface area (Å²) in [6.07, 6.45) is 0.711. The molecule has 0 spiro atoms. The number of carbonyl (C=O) groups excluding carboxylic acids is 1. The summed E-state index contributed by atoms with van der Waals surface area (Å²) in [7, 11) is 0. The van der Waals surface area contributed by atoms with Crippen LogP contribution in [0.3, 0.4) is 0 Å². The summed E-state index contributed by atoms with van der Waals surface area (Å²) in [4.78, 5) is 52.5. The van der Waals surface area contributed by atoms with Crippen LogP contribution in [-0.2, 0) is 6.54 Å². The Labute approximate surface area is 240 Å².